The fourth-order valence-electron chi connectivity index (χ4n) is 2.84. The van der Waals surface area contributed by atoms with E-state index < -0.39 is 22.3 Å². The number of nitrogens with zero attached hydrogens (tertiary/aromatic N) is 1. The van der Waals surface area contributed by atoms with Crippen LogP contribution in [0.1, 0.15) is 26.3 Å². The molecule has 0 fully saturated rings. The number of aromatic amines is 1. The van der Waals surface area contributed by atoms with Gasteiger partial charge in [-0.15, -0.1) is 0 Å². The number of primary amides is 1. The first-order chi connectivity index (χ1) is 13.3. The summed E-state index contributed by atoms with van der Waals surface area (Å²) in [5.41, 5.74) is 6.14. The number of H-pyrrole nitrogens is 1. The molecule has 0 atom stereocenters. The van der Waals surface area contributed by atoms with Crippen molar-refractivity contribution in [2.45, 2.75) is 6.42 Å². The lowest BCUT2D eigenvalue weighted by Gasteiger charge is -2.08. The van der Waals surface area contributed by atoms with E-state index in [2.05, 4.69) is 10.3 Å². The molecule has 0 aliphatic carbocycles. The predicted molar refractivity (Wildman–Crippen MR) is 102 cm³/mol. The van der Waals surface area contributed by atoms with Gasteiger partial charge in [-0.3, -0.25) is 24.5 Å². The summed E-state index contributed by atoms with van der Waals surface area (Å²) in [4.78, 5) is 48.6. The molecule has 0 saturated heterocycles. The number of carbonyl (C=O) groups is 2. The smallest absolute Gasteiger partial charge is 0.270 e. The average Bonchev–Trinajstić information content (AvgIpc) is 2.67. The van der Waals surface area contributed by atoms with Gasteiger partial charge in [-0.2, -0.15) is 0 Å². The van der Waals surface area contributed by atoms with E-state index in [1.54, 1.807) is 24.3 Å². The Morgan fingerprint density at radius 3 is 2.64 bits per heavy atom. The molecule has 2 amide bonds. The van der Waals surface area contributed by atoms with Gasteiger partial charge in [0.1, 0.15) is 0 Å². The van der Waals surface area contributed by atoms with Crippen LogP contribution >= 0.6 is 0 Å². The Balaban J connectivity index is 1.80. The zero-order chi connectivity index (χ0) is 20.3. The van der Waals surface area contributed by atoms with E-state index >= 15 is 0 Å². The van der Waals surface area contributed by atoms with Crippen LogP contribution in [0.5, 0.6) is 0 Å². The summed E-state index contributed by atoms with van der Waals surface area (Å²) in [5, 5.41) is 14.0. The van der Waals surface area contributed by atoms with Gasteiger partial charge in [-0.05, 0) is 30.2 Å². The zero-order valence-corrected chi connectivity index (χ0v) is 14.6. The van der Waals surface area contributed by atoms with Crippen molar-refractivity contribution in [3.05, 3.63) is 85.7 Å². The maximum Gasteiger partial charge on any atom is 0.270 e. The molecule has 2 aromatic carbocycles. The molecule has 1 heterocycles. The number of non-ortho nitro benzene ring substituents is 1. The van der Waals surface area contributed by atoms with Crippen LogP contribution < -0.4 is 16.6 Å². The number of nitro benzene ring substituents is 1. The molecule has 4 N–H and O–H groups in total. The van der Waals surface area contributed by atoms with Gasteiger partial charge in [0, 0.05) is 41.2 Å². The zero-order valence-electron chi connectivity index (χ0n) is 14.6. The molecule has 0 spiro atoms. The third kappa shape index (κ3) is 4.04. The Kier molecular flexibility index (Phi) is 5.16. The van der Waals surface area contributed by atoms with E-state index in [9.17, 15) is 24.5 Å². The Labute approximate surface area is 158 Å². The molecule has 142 valence electrons. The number of nitro groups is 1. The topological polar surface area (TPSA) is 148 Å². The summed E-state index contributed by atoms with van der Waals surface area (Å²) in [6, 6.07) is 11.7. The monoisotopic (exact) mass is 380 g/mol. The van der Waals surface area contributed by atoms with Crippen LogP contribution in [0.2, 0.25) is 0 Å². The molecule has 0 unspecified atom stereocenters. The number of hydrogen-bond acceptors (Lipinski definition) is 5. The van der Waals surface area contributed by atoms with E-state index in [0.717, 1.165) is 11.6 Å². The van der Waals surface area contributed by atoms with Gasteiger partial charge in [0.2, 0.25) is 11.5 Å². The third-order valence-corrected chi connectivity index (χ3v) is 4.19. The largest absolute Gasteiger partial charge is 0.366 e. The van der Waals surface area contributed by atoms with Gasteiger partial charge < -0.3 is 16.0 Å². The van der Waals surface area contributed by atoms with Gasteiger partial charge in [-0.25, -0.2) is 0 Å². The lowest BCUT2D eigenvalue weighted by Crippen LogP contribution is -2.27. The van der Waals surface area contributed by atoms with Crippen LogP contribution in [0.4, 0.5) is 5.69 Å². The molecular weight excluding hydrogens is 364 g/mol. The van der Waals surface area contributed by atoms with Gasteiger partial charge >= 0.3 is 0 Å². The summed E-state index contributed by atoms with van der Waals surface area (Å²) in [6.07, 6.45) is 0.439. The second-order valence-electron chi connectivity index (χ2n) is 6.10. The van der Waals surface area contributed by atoms with Crippen LogP contribution in [0.25, 0.3) is 10.9 Å². The van der Waals surface area contributed by atoms with Crippen molar-refractivity contribution in [2.24, 2.45) is 5.73 Å². The fourth-order valence-corrected chi connectivity index (χ4v) is 2.84. The number of benzene rings is 2. The number of nitrogens with two attached hydrogens (primary N) is 1. The summed E-state index contributed by atoms with van der Waals surface area (Å²) in [5.74, 6) is -1.06. The Morgan fingerprint density at radius 1 is 1.14 bits per heavy atom. The maximum atomic E-state index is 12.5. The van der Waals surface area contributed by atoms with Gasteiger partial charge in [-0.1, -0.05) is 12.1 Å². The van der Waals surface area contributed by atoms with E-state index in [0.29, 0.717) is 17.5 Å². The van der Waals surface area contributed by atoms with E-state index in [4.69, 9.17) is 5.73 Å². The van der Waals surface area contributed by atoms with Crippen molar-refractivity contribution in [1.29, 1.82) is 0 Å². The van der Waals surface area contributed by atoms with Crippen molar-refractivity contribution in [2.75, 3.05) is 6.54 Å². The SMILES string of the molecule is NC(=O)c1cccc(CCNC(=O)c2cc(=O)[nH]c3ccc([N+](=O)[O-])cc23)c1. The number of amides is 2. The minimum atomic E-state index is -0.571. The van der Waals surface area contributed by atoms with Crippen LogP contribution in [0, 0.1) is 10.1 Å². The number of rotatable bonds is 6. The first-order valence-corrected chi connectivity index (χ1v) is 8.33. The molecule has 0 radical (unpaired) electrons. The van der Waals surface area contributed by atoms with Gasteiger partial charge in [0.15, 0.2) is 0 Å². The molecule has 3 rings (SSSR count). The van der Waals surface area contributed by atoms with Crippen molar-refractivity contribution in [1.82, 2.24) is 10.3 Å². The van der Waals surface area contributed by atoms with E-state index in [1.807, 2.05) is 0 Å². The molecular formula is C19H16N4O5. The molecule has 0 saturated carbocycles. The Morgan fingerprint density at radius 2 is 1.93 bits per heavy atom. The minimum Gasteiger partial charge on any atom is -0.366 e. The highest BCUT2D eigenvalue weighted by molar-refractivity contribution is 6.06. The molecule has 28 heavy (non-hydrogen) atoms. The fraction of sp³-hybridized carbons (Fsp3) is 0.105. The quantitative estimate of drug-likeness (QED) is 0.438. The summed E-state index contributed by atoms with van der Waals surface area (Å²) >= 11 is 0. The molecule has 9 nitrogen and oxygen atoms in total. The first kappa shape index (κ1) is 18.8. The van der Waals surface area contributed by atoms with E-state index in [-0.39, 0.29) is 23.2 Å². The molecule has 1 aromatic heterocycles. The van der Waals surface area contributed by atoms with Crippen molar-refractivity contribution in [3.8, 4) is 0 Å². The first-order valence-electron chi connectivity index (χ1n) is 8.33. The Hall–Kier alpha value is -4.01. The predicted octanol–water partition coefficient (Wildman–Crippen LogP) is 1.51. The van der Waals surface area contributed by atoms with Crippen LogP contribution in [0.3, 0.4) is 0 Å². The Bertz CT molecular complexity index is 1150. The number of aromatic nitrogens is 1. The highest BCUT2D eigenvalue weighted by Crippen LogP contribution is 2.21. The molecule has 9 heteroatoms. The van der Waals surface area contributed by atoms with Crippen LogP contribution in [-0.4, -0.2) is 28.3 Å². The molecule has 0 aliphatic rings. The minimum absolute atomic E-state index is 0.0494. The maximum absolute atomic E-state index is 12.5. The highest BCUT2D eigenvalue weighted by atomic mass is 16.6. The number of fused-ring (bicyclic) bond motifs is 1. The highest BCUT2D eigenvalue weighted by Gasteiger charge is 2.15. The van der Waals surface area contributed by atoms with Crippen LogP contribution in [0.15, 0.2) is 53.3 Å². The molecule has 0 aliphatic heterocycles. The van der Waals surface area contributed by atoms with Crippen molar-refractivity contribution < 1.29 is 14.5 Å². The van der Waals surface area contributed by atoms with Crippen molar-refractivity contribution >= 4 is 28.4 Å². The van der Waals surface area contributed by atoms with Crippen LogP contribution in [-0.2, 0) is 6.42 Å². The average molecular weight is 380 g/mol. The van der Waals surface area contributed by atoms with Gasteiger partial charge in [0.25, 0.3) is 11.6 Å². The lowest BCUT2D eigenvalue weighted by molar-refractivity contribution is -0.384. The normalized spacial score (nSPS) is 10.6. The number of nitrogens with one attached hydrogen (secondary N) is 2. The molecule has 0 bridgehead atoms. The standard InChI is InChI=1S/C19H16N4O5/c20-18(25)12-3-1-2-11(8-12)6-7-21-19(26)15-10-17(24)22-16-5-4-13(23(27)28)9-14(15)16/h1-5,8-10H,6-7H2,(H2,20,25)(H,21,26)(H,22,24). The number of pyridine rings is 1. The van der Waals surface area contributed by atoms with E-state index in [1.165, 1.54) is 18.2 Å². The summed E-state index contributed by atoms with van der Waals surface area (Å²) in [7, 11) is 0. The second-order valence-corrected chi connectivity index (χ2v) is 6.10. The number of hydrogen-bond donors (Lipinski definition) is 3. The molecule has 3 aromatic rings. The number of carbonyl (C=O) groups excluding carboxylic acids is 2. The second kappa shape index (κ2) is 7.70. The van der Waals surface area contributed by atoms with Gasteiger partial charge in [0.05, 0.1) is 10.5 Å². The summed E-state index contributed by atoms with van der Waals surface area (Å²) in [6.45, 7) is 0.240. The third-order valence-electron chi connectivity index (χ3n) is 4.19. The van der Waals surface area contributed by atoms with Crippen molar-refractivity contribution in [3.63, 3.8) is 0 Å². The summed E-state index contributed by atoms with van der Waals surface area (Å²) < 4.78 is 0. The lowest BCUT2D eigenvalue weighted by atomic mass is 10.1.